The zero-order valence-corrected chi connectivity index (χ0v) is 17.0. The number of rotatable bonds is 3. The van der Waals surface area contributed by atoms with Crippen molar-refractivity contribution in [1.29, 1.82) is 0 Å². The van der Waals surface area contributed by atoms with Crippen LogP contribution in [0.15, 0.2) is 91.0 Å². The lowest BCUT2D eigenvalue weighted by Gasteiger charge is -2.11. The molecule has 0 atom stereocenters. The Morgan fingerprint density at radius 3 is 2.53 bits per heavy atom. The van der Waals surface area contributed by atoms with E-state index in [0.29, 0.717) is 22.8 Å². The first-order chi connectivity index (χ1) is 15.7. The summed E-state index contributed by atoms with van der Waals surface area (Å²) < 4.78 is 10.9. The number of hydrogen-bond acceptors (Lipinski definition) is 4. The highest BCUT2D eigenvalue weighted by molar-refractivity contribution is 6.13. The second-order valence-electron chi connectivity index (χ2n) is 7.66. The van der Waals surface area contributed by atoms with E-state index in [9.17, 15) is 4.79 Å². The van der Waals surface area contributed by atoms with Gasteiger partial charge in [0.05, 0.1) is 16.8 Å². The van der Waals surface area contributed by atoms with Crippen molar-refractivity contribution in [2.75, 3.05) is 12.1 Å². The second kappa shape index (κ2) is 7.39. The molecule has 2 heterocycles. The summed E-state index contributed by atoms with van der Waals surface area (Å²) in [5.41, 5.74) is 3.63. The van der Waals surface area contributed by atoms with Crippen molar-refractivity contribution in [1.82, 2.24) is 4.98 Å². The third kappa shape index (κ3) is 3.20. The van der Waals surface area contributed by atoms with E-state index >= 15 is 0 Å². The summed E-state index contributed by atoms with van der Waals surface area (Å²) in [5, 5.41) is 6.06. The van der Waals surface area contributed by atoms with Gasteiger partial charge in [0.1, 0.15) is 0 Å². The fourth-order valence-electron chi connectivity index (χ4n) is 4.03. The Morgan fingerprint density at radius 2 is 1.59 bits per heavy atom. The van der Waals surface area contributed by atoms with Gasteiger partial charge in [-0.25, -0.2) is 4.98 Å². The summed E-state index contributed by atoms with van der Waals surface area (Å²) >= 11 is 0. The highest BCUT2D eigenvalue weighted by atomic mass is 16.7. The number of pyridine rings is 1. The van der Waals surface area contributed by atoms with Gasteiger partial charge in [0.15, 0.2) is 11.5 Å². The van der Waals surface area contributed by atoms with E-state index in [0.717, 1.165) is 32.9 Å². The molecule has 6 rings (SSSR count). The Balaban J connectivity index is 1.42. The van der Waals surface area contributed by atoms with Gasteiger partial charge in [0.25, 0.3) is 5.91 Å². The van der Waals surface area contributed by atoms with Crippen molar-refractivity contribution in [2.45, 2.75) is 0 Å². The predicted octanol–water partition coefficient (Wildman–Crippen LogP) is 6.04. The number of amides is 1. The van der Waals surface area contributed by atoms with E-state index in [-0.39, 0.29) is 12.7 Å². The molecule has 0 spiro atoms. The first-order valence-electron chi connectivity index (χ1n) is 10.3. The van der Waals surface area contributed by atoms with Crippen LogP contribution >= 0.6 is 0 Å². The van der Waals surface area contributed by atoms with Crippen LogP contribution in [0.25, 0.3) is 32.9 Å². The Labute approximate surface area is 184 Å². The maximum Gasteiger partial charge on any atom is 0.256 e. The maximum atomic E-state index is 13.4. The van der Waals surface area contributed by atoms with Gasteiger partial charge in [-0.2, -0.15) is 0 Å². The molecule has 0 aliphatic carbocycles. The number of aromatic nitrogens is 1. The maximum absolute atomic E-state index is 13.4. The molecule has 0 unspecified atom stereocenters. The lowest BCUT2D eigenvalue weighted by molar-refractivity contribution is 0.102. The first-order valence-corrected chi connectivity index (χ1v) is 10.3. The lowest BCUT2D eigenvalue weighted by Crippen LogP contribution is -2.13. The zero-order chi connectivity index (χ0) is 21.5. The molecule has 0 fully saturated rings. The minimum atomic E-state index is -0.180. The summed E-state index contributed by atoms with van der Waals surface area (Å²) in [4.78, 5) is 18.1. The molecule has 1 aliphatic heterocycles. The van der Waals surface area contributed by atoms with E-state index in [1.54, 1.807) is 0 Å². The van der Waals surface area contributed by atoms with Gasteiger partial charge in [0.2, 0.25) is 6.79 Å². The monoisotopic (exact) mass is 418 g/mol. The van der Waals surface area contributed by atoms with Gasteiger partial charge in [-0.15, -0.1) is 0 Å². The molecule has 0 saturated heterocycles. The highest BCUT2D eigenvalue weighted by Crippen LogP contribution is 2.36. The molecular formula is C27H18N2O3. The number of ether oxygens (including phenoxy) is 2. The number of carbonyl (C=O) groups is 1. The summed E-state index contributed by atoms with van der Waals surface area (Å²) in [6, 6.07) is 29.2. The Kier molecular flexibility index (Phi) is 4.25. The average Bonchev–Trinajstić information content (AvgIpc) is 3.31. The van der Waals surface area contributed by atoms with E-state index < -0.39 is 0 Å². The summed E-state index contributed by atoms with van der Waals surface area (Å²) in [6.45, 7) is 0.212. The summed E-state index contributed by atoms with van der Waals surface area (Å²) in [6.07, 6.45) is 0. The van der Waals surface area contributed by atoms with Crippen molar-refractivity contribution in [3.8, 4) is 22.8 Å². The van der Waals surface area contributed by atoms with Gasteiger partial charge >= 0.3 is 0 Å². The van der Waals surface area contributed by atoms with Crippen LogP contribution in [0.5, 0.6) is 11.5 Å². The molecule has 5 aromatic rings. The van der Waals surface area contributed by atoms with Crippen molar-refractivity contribution < 1.29 is 14.3 Å². The number of hydrogen-bond donors (Lipinski definition) is 1. The van der Waals surface area contributed by atoms with Gasteiger partial charge < -0.3 is 14.8 Å². The molecule has 0 radical (unpaired) electrons. The van der Waals surface area contributed by atoms with Crippen LogP contribution in [0.4, 0.5) is 5.69 Å². The molecule has 1 N–H and O–H groups in total. The quantitative estimate of drug-likeness (QED) is 0.388. The van der Waals surface area contributed by atoms with Gasteiger partial charge in [-0.3, -0.25) is 4.79 Å². The van der Waals surface area contributed by atoms with E-state index in [4.69, 9.17) is 14.5 Å². The molecule has 0 bridgehead atoms. The fraction of sp³-hybridized carbons (Fsp3) is 0.0370. The zero-order valence-electron chi connectivity index (χ0n) is 17.0. The van der Waals surface area contributed by atoms with Gasteiger partial charge in [-0.1, -0.05) is 48.5 Å². The summed E-state index contributed by atoms with van der Waals surface area (Å²) in [5.74, 6) is 1.21. The van der Waals surface area contributed by atoms with Crippen LogP contribution in [0, 0.1) is 0 Å². The Morgan fingerprint density at radius 1 is 0.781 bits per heavy atom. The molecular weight excluding hydrogens is 400 g/mol. The average molecular weight is 418 g/mol. The van der Waals surface area contributed by atoms with E-state index in [1.807, 2.05) is 84.9 Å². The molecule has 1 aliphatic rings. The highest BCUT2D eigenvalue weighted by Gasteiger charge is 2.18. The molecule has 0 saturated carbocycles. The number of carbonyl (C=O) groups excluding carboxylic acids is 1. The minimum absolute atomic E-state index is 0.180. The number of para-hydroxylation sites is 1. The van der Waals surface area contributed by atoms with Crippen molar-refractivity contribution >= 4 is 33.3 Å². The molecule has 154 valence electrons. The van der Waals surface area contributed by atoms with Crippen LogP contribution < -0.4 is 14.8 Å². The number of fused-ring (bicyclic) bond motifs is 3. The van der Waals surface area contributed by atoms with Crippen LogP contribution in [-0.2, 0) is 0 Å². The Hall–Kier alpha value is -4.38. The first kappa shape index (κ1) is 18.4. The van der Waals surface area contributed by atoms with Gasteiger partial charge in [0, 0.05) is 16.6 Å². The largest absolute Gasteiger partial charge is 0.454 e. The van der Waals surface area contributed by atoms with E-state index in [2.05, 4.69) is 11.4 Å². The normalized spacial score (nSPS) is 12.2. The molecule has 32 heavy (non-hydrogen) atoms. The third-order valence-electron chi connectivity index (χ3n) is 5.64. The van der Waals surface area contributed by atoms with Crippen molar-refractivity contribution in [2.24, 2.45) is 0 Å². The Bertz CT molecular complexity index is 1510. The fourth-order valence-corrected chi connectivity index (χ4v) is 4.03. The standard InChI is InChI=1S/C27H18N2O3/c30-27(28-20-11-9-17-5-1-2-6-18(17)13-20)22-15-24(29-23-8-4-3-7-21(22)23)19-10-12-25-26(14-19)32-16-31-25/h1-15H,16H2,(H,28,30). The van der Waals surface area contributed by atoms with Crippen LogP contribution in [-0.4, -0.2) is 17.7 Å². The van der Waals surface area contributed by atoms with Crippen LogP contribution in [0.3, 0.4) is 0 Å². The van der Waals surface area contributed by atoms with Crippen molar-refractivity contribution in [3.05, 3.63) is 96.6 Å². The minimum Gasteiger partial charge on any atom is -0.454 e. The molecule has 1 aromatic heterocycles. The number of anilines is 1. The molecule has 4 aromatic carbocycles. The summed E-state index contributed by atoms with van der Waals surface area (Å²) in [7, 11) is 0. The molecule has 1 amide bonds. The SMILES string of the molecule is O=C(Nc1ccc2ccccc2c1)c1cc(-c2ccc3c(c2)OCO3)nc2ccccc12. The third-order valence-corrected chi connectivity index (χ3v) is 5.64. The number of nitrogens with zero attached hydrogens (tertiary/aromatic N) is 1. The van der Waals surface area contributed by atoms with Gasteiger partial charge in [-0.05, 0) is 53.2 Å². The smallest absolute Gasteiger partial charge is 0.256 e. The topological polar surface area (TPSA) is 60.5 Å². The molecule has 5 nitrogen and oxygen atoms in total. The van der Waals surface area contributed by atoms with E-state index in [1.165, 1.54) is 0 Å². The lowest BCUT2D eigenvalue weighted by atomic mass is 10.0. The number of nitrogens with one attached hydrogen (secondary N) is 1. The number of benzene rings is 4. The van der Waals surface area contributed by atoms with Crippen LogP contribution in [0.1, 0.15) is 10.4 Å². The predicted molar refractivity (Wildman–Crippen MR) is 125 cm³/mol. The van der Waals surface area contributed by atoms with Crippen LogP contribution in [0.2, 0.25) is 0 Å². The van der Waals surface area contributed by atoms with Crippen molar-refractivity contribution in [3.63, 3.8) is 0 Å². The second-order valence-corrected chi connectivity index (χ2v) is 7.66. The molecule has 5 heteroatoms.